The van der Waals surface area contributed by atoms with E-state index in [2.05, 4.69) is 10.6 Å². The fourth-order valence-corrected chi connectivity index (χ4v) is 3.39. The summed E-state index contributed by atoms with van der Waals surface area (Å²) in [4.78, 5) is 24.9. The lowest BCUT2D eigenvalue weighted by Crippen LogP contribution is -2.50. The summed E-state index contributed by atoms with van der Waals surface area (Å²) in [5.41, 5.74) is -0.317. The Balaban J connectivity index is 4.88. The third-order valence-corrected chi connectivity index (χ3v) is 5.59. The maximum Gasteiger partial charge on any atom is 0.223 e. The lowest BCUT2D eigenvalue weighted by molar-refractivity contribution is -0.131. The molecule has 214 valence electrons. The van der Waals surface area contributed by atoms with Crippen molar-refractivity contribution in [2.24, 2.45) is 11.3 Å². The average molecular weight is 529 g/mol. The standard InChI is InChI=1S/C22H44N2O12/c1-22(2,3)6-11(21(36)24-8-13(28)18(33)20(35)15(30)10-26)4-5-16(31)23-7-12(27)17(32)19(34)14(29)9-25/h11-15,17-20,25-30,32-35H,4-10H2,1-3H3,(H,23,31)(H,24,36)/t11?,12-,13-,14+,15+,17+,18+,19+,20+/m0/s1. The Labute approximate surface area is 210 Å². The van der Waals surface area contributed by atoms with Crippen molar-refractivity contribution in [1.82, 2.24) is 10.6 Å². The zero-order valence-electron chi connectivity index (χ0n) is 20.9. The Morgan fingerprint density at radius 2 is 1.06 bits per heavy atom. The highest BCUT2D eigenvalue weighted by atomic mass is 16.4. The third kappa shape index (κ3) is 12.7. The molecule has 0 bridgehead atoms. The SMILES string of the molecule is CC(C)(C)CC(CCC(=O)NC[C@H](O)[C@@H](O)[C@H](O)[C@H](O)CO)C(=O)NC[C@H](O)[C@@H](O)[C@H](O)[C@H](O)CO. The first kappa shape index (κ1) is 34.5. The Morgan fingerprint density at radius 1 is 0.667 bits per heavy atom. The molecule has 0 aliphatic rings. The number of aliphatic hydroxyl groups is 10. The van der Waals surface area contributed by atoms with Gasteiger partial charge in [-0.15, -0.1) is 0 Å². The number of aliphatic hydroxyl groups excluding tert-OH is 10. The third-order valence-electron chi connectivity index (χ3n) is 5.59. The first-order valence-corrected chi connectivity index (χ1v) is 11.8. The molecule has 14 heteroatoms. The summed E-state index contributed by atoms with van der Waals surface area (Å²) in [6, 6.07) is 0. The molecule has 0 radical (unpaired) electrons. The summed E-state index contributed by atoms with van der Waals surface area (Å²) in [5.74, 6) is -1.79. The molecular weight excluding hydrogens is 484 g/mol. The second kappa shape index (κ2) is 16.4. The first-order valence-electron chi connectivity index (χ1n) is 11.8. The largest absolute Gasteiger partial charge is 0.394 e. The number of nitrogens with one attached hydrogen (secondary N) is 2. The van der Waals surface area contributed by atoms with Crippen LogP contribution in [0.25, 0.3) is 0 Å². The quantitative estimate of drug-likeness (QED) is 0.0846. The molecule has 36 heavy (non-hydrogen) atoms. The van der Waals surface area contributed by atoms with E-state index >= 15 is 0 Å². The molecule has 0 rings (SSSR count). The molecule has 0 spiro atoms. The maximum atomic E-state index is 12.7. The van der Waals surface area contributed by atoms with Crippen molar-refractivity contribution < 1.29 is 60.7 Å². The lowest BCUT2D eigenvalue weighted by atomic mass is 9.82. The van der Waals surface area contributed by atoms with Gasteiger partial charge in [-0.05, 0) is 18.3 Å². The summed E-state index contributed by atoms with van der Waals surface area (Å²) < 4.78 is 0. The van der Waals surface area contributed by atoms with Crippen LogP contribution in [-0.2, 0) is 9.59 Å². The Hall–Kier alpha value is -1.46. The van der Waals surface area contributed by atoms with Gasteiger partial charge in [-0.2, -0.15) is 0 Å². The van der Waals surface area contributed by atoms with Crippen LogP contribution in [0.5, 0.6) is 0 Å². The van der Waals surface area contributed by atoms with Gasteiger partial charge in [0.25, 0.3) is 0 Å². The fourth-order valence-electron chi connectivity index (χ4n) is 3.39. The van der Waals surface area contributed by atoms with Gasteiger partial charge in [-0.1, -0.05) is 20.8 Å². The highest BCUT2D eigenvalue weighted by Crippen LogP contribution is 2.27. The molecule has 0 saturated carbocycles. The van der Waals surface area contributed by atoms with Gasteiger partial charge in [0.1, 0.15) is 36.6 Å². The molecule has 14 nitrogen and oxygen atoms in total. The first-order chi connectivity index (χ1) is 16.5. The summed E-state index contributed by atoms with van der Waals surface area (Å²) >= 11 is 0. The zero-order valence-corrected chi connectivity index (χ0v) is 20.9. The maximum absolute atomic E-state index is 12.7. The molecule has 0 aromatic rings. The minimum atomic E-state index is -1.84. The summed E-state index contributed by atoms with van der Waals surface area (Å²) in [5, 5.41) is 99.9. The molecule has 0 heterocycles. The number of hydrogen-bond donors (Lipinski definition) is 12. The number of hydrogen-bond acceptors (Lipinski definition) is 12. The van der Waals surface area contributed by atoms with E-state index in [-0.39, 0.29) is 18.3 Å². The van der Waals surface area contributed by atoms with Gasteiger partial charge < -0.3 is 61.7 Å². The zero-order chi connectivity index (χ0) is 28.2. The minimum absolute atomic E-state index is 0.0734. The van der Waals surface area contributed by atoms with E-state index in [1.807, 2.05) is 20.8 Å². The van der Waals surface area contributed by atoms with Gasteiger partial charge in [0.05, 0.1) is 25.4 Å². The van der Waals surface area contributed by atoms with Crippen LogP contribution < -0.4 is 10.6 Å². The van der Waals surface area contributed by atoms with Gasteiger partial charge in [0.2, 0.25) is 11.8 Å². The molecule has 0 aliphatic heterocycles. The summed E-state index contributed by atoms with van der Waals surface area (Å²) in [6.45, 7) is 3.03. The van der Waals surface area contributed by atoms with Crippen LogP contribution in [-0.4, -0.2) is 138 Å². The Morgan fingerprint density at radius 3 is 1.44 bits per heavy atom. The van der Waals surface area contributed by atoms with Crippen molar-refractivity contribution in [1.29, 1.82) is 0 Å². The molecule has 0 aliphatic carbocycles. The molecule has 1 unspecified atom stereocenters. The van der Waals surface area contributed by atoms with E-state index in [1.54, 1.807) is 0 Å². The monoisotopic (exact) mass is 528 g/mol. The predicted molar refractivity (Wildman–Crippen MR) is 125 cm³/mol. The second-order valence-corrected chi connectivity index (χ2v) is 10.1. The van der Waals surface area contributed by atoms with E-state index < -0.39 is 92.9 Å². The molecule has 12 N–H and O–H groups in total. The molecule has 0 saturated heterocycles. The number of carbonyl (C=O) groups excluding carboxylic acids is 2. The van der Waals surface area contributed by atoms with E-state index in [0.29, 0.717) is 6.42 Å². The van der Waals surface area contributed by atoms with Crippen molar-refractivity contribution in [2.45, 2.75) is 88.9 Å². The van der Waals surface area contributed by atoms with Crippen LogP contribution in [0.4, 0.5) is 0 Å². The van der Waals surface area contributed by atoms with Crippen molar-refractivity contribution in [3.05, 3.63) is 0 Å². The van der Waals surface area contributed by atoms with E-state index in [0.717, 1.165) is 0 Å². The van der Waals surface area contributed by atoms with Crippen molar-refractivity contribution in [3.8, 4) is 0 Å². The smallest absolute Gasteiger partial charge is 0.223 e. The molecule has 9 atom stereocenters. The molecule has 0 fully saturated rings. The fraction of sp³-hybridized carbons (Fsp3) is 0.909. The topological polar surface area (TPSA) is 260 Å². The molecule has 0 aromatic heterocycles. The Kier molecular flexibility index (Phi) is 15.7. The molecule has 2 amide bonds. The highest BCUT2D eigenvalue weighted by Gasteiger charge is 2.32. The van der Waals surface area contributed by atoms with E-state index in [9.17, 15) is 50.4 Å². The average Bonchev–Trinajstić information content (AvgIpc) is 2.84. The lowest BCUT2D eigenvalue weighted by Gasteiger charge is -2.28. The van der Waals surface area contributed by atoms with E-state index in [4.69, 9.17) is 10.2 Å². The van der Waals surface area contributed by atoms with Crippen LogP contribution in [0.3, 0.4) is 0 Å². The van der Waals surface area contributed by atoms with Gasteiger partial charge in [0, 0.05) is 25.4 Å². The van der Waals surface area contributed by atoms with Crippen LogP contribution in [0, 0.1) is 11.3 Å². The molecular formula is C22H44N2O12. The van der Waals surface area contributed by atoms with Gasteiger partial charge >= 0.3 is 0 Å². The minimum Gasteiger partial charge on any atom is -0.394 e. The summed E-state index contributed by atoms with van der Waals surface area (Å²) in [7, 11) is 0. The van der Waals surface area contributed by atoms with Gasteiger partial charge in [0.15, 0.2) is 0 Å². The van der Waals surface area contributed by atoms with Crippen LogP contribution in [0.15, 0.2) is 0 Å². The van der Waals surface area contributed by atoms with E-state index in [1.165, 1.54) is 0 Å². The van der Waals surface area contributed by atoms with Crippen molar-refractivity contribution >= 4 is 11.8 Å². The predicted octanol–water partition coefficient (Wildman–Crippen LogP) is -5.08. The van der Waals surface area contributed by atoms with Crippen LogP contribution >= 0.6 is 0 Å². The van der Waals surface area contributed by atoms with Crippen molar-refractivity contribution in [3.63, 3.8) is 0 Å². The Bertz CT molecular complexity index is 647. The van der Waals surface area contributed by atoms with Gasteiger partial charge in [-0.25, -0.2) is 0 Å². The van der Waals surface area contributed by atoms with Crippen molar-refractivity contribution in [2.75, 3.05) is 26.3 Å². The van der Waals surface area contributed by atoms with Gasteiger partial charge in [-0.3, -0.25) is 9.59 Å². The number of amides is 2. The number of carbonyl (C=O) groups is 2. The van der Waals surface area contributed by atoms with Crippen LogP contribution in [0.1, 0.15) is 40.0 Å². The number of rotatable bonds is 17. The molecule has 0 aromatic carbocycles. The highest BCUT2D eigenvalue weighted by molar-refractivity contribution is 5.80. The van der Waals surface area contributed by atoms with Crippen LogP contribution in [0.2, 0.25) is 0 Å². The second-order valence-electron chi connectivity index (χ2n) is 10.1. The summed E-state index contributed by atoms with van der Waals surface area (Å²) in [6.07, 6.45) is -13.7. The normalized spacial score (nSPS) is 19.8.